The number of amides is 1. The molecule has 1 amide bonds. The van der Waals surface area contributed by atoms with E-state index in [1.165, 1.54) is 11.1 Å². The zero-order valence-corrected chi connectivity index (χ0v) is 15.3. The molecule has 26 heavy (non-hydrogen) atoms. The molecule has 4 rings (SSSR count). The van der Waals surface area contributed by atoms with Gasteiger partial charge in [0.1, 0.15) is 5.75 Å². The quantitative estimate of drug-likeness (QED) is 0.666. The second kappa shape index (κ2) is 7.18. The third kappa shape index (κ3) is 3.55. The molecule has 2 aromatic carbocycles. The highest BCUT2D eigenvalue weighted by atomic mass is 32.1. The van der Waals surface area contributed by atoms with Gasteiger partial charge in [0.15, 0.2) is 0 Å². The van der Waals surface area contributed by atoms with Gasteiger partial charge in [0.05, 0.1) is 6.61 Å². The predicted molar refractivity (Wildman–Crippen MR) is 108 cm³/mol. The van der Waals surface area contributed by atoms with Gasteiger partial charge in [-0.05, 0) is 65.2 Å². The lowest BCUT2D eigenvalue weighted by Gasteiger charge is -2.07. The van der Waals surface area contributed by atoms with Crippen LogP contribution < -0.4 is 10.1 Å². The number of hydrogen-bond acceptors (Lipinski definition) is 3. The van der Waals surface area contributed by atoms with Gasteiger partial charge in [-0.25, -0.2) is 0 Å². The Kier molecular flexibility index (Phi) is 4.59. The lowest BCUT2D eigenvalue weighted by Crippen LogP contribution is -2.15. The Morgan fingerprint density at radius 3 is 2.69 bits per heavy atom. The molecule has 130 valence electrons. The van der Waals surface area contributed by atoms with Crippen molar-refractivity contribution in [1.82, 2.24) is 0 Å². The van der Waals surface area contributed by atoms with E-state index in [2.05, 4.69) is 34.3 Å². The van der Waals surface area contributed by atoms with Crippen LogP contribution in [0.15, 0.2) is 64.9 Å². The average Bonchev–Trinajstić information content (AvgIpc) is 3.10. The summed E-state index contributed by atoms with van der Waals surface area (Å²) in [6, 6.07) is 16.0. The minimum Gasteiger partial charge on any atom is -0.493 e. The van der Waals surface area contributed by atoms with E-state index in [1.54, 1.807) is 11.3 Å². The van der Waals surface area contributed by atoms with Gasteiger partial charge in [-0.3, -0.25) is 4.79 Å². The van der Waals surface area contributed by atoms with Crippen LogP contribution in [0.3, 0.4) is 0 Å². The normalized spacial score (nSPS) is 13.2. The summed E-state index contributed by atoms with van der Waals surface area (Å²) in [7, 11) is 0. The van der Waals surface area contributed by atoms with E-state index in [-0.39, 0.29) is 5.91 Å². The van der Waals surface area contributed by atoms with Crippen LogP contribution in [0.5, 0.6) is 5.75 Å². The second-order valence-electron chi connectivity index (χ2n) is 6.35. The van der Waals surface area contributed by atoms with Gasteiger partial charge >= 0.3 is 0 Å². The summed E-state index contributed by atoms with van der Waals surface area (Å²) in [5.74, 6) is 0.744. The van der Waals surface area contributed by atoms with E-state index in [9.17, 15) is 4.79 Å². The maximum absolute atomic E-state index is 12.7. The number of thiophene rings is 1. The molecule has 4 heteroatoms. The molecule has 0 spiro atoms. The number of carbonyl (C=O) groups excluding carboxylic acids is 1. The largest absolute Gasteiger partial charge is 0.493 e. The molecule has 3 aromatic rings. The molecular formula is C22H19NO2S. The Bertz CT molecular complexity index is 956. The van der Waals surface area contributed by atoms with E-state index in [0.29, 0.717) is 13.0 Å². The van der Waals surface area contributed by atoms with E-state index >= 15 is 0 Å². The molecule has 1 aromatic heterocycles. The Balaban J connectivity index is 1.62. The molecule has 0 unspecified atom stereocenters. The summed E-state index contributed by atoms with van der Waals surface area (Å²) < 4.78 is 5.84. The molecule has 1 aliphatic rings. The number of aryl methyl sites for hydroxylation is 1. The van der Waals surface area contributed by atoms with E-state index in [0.717, 1.165) is 28.1 Å². The minimum absolute atomic E-state index is 0.0776. The summed E-state index contributed by atoms with van der Waals surface area (Å²) in [5.41, 5.74) is 5.96. The van der Waals surface area contributed by atoms with Gasteiger partial charge < -0.3 is 10.1 Å². The Morgan fingerprint density at radius 2 is 1.92 bits per heavy atom. The summed E-state index contributed by atoms with van der Waals surface area (Å²) >= 11 is 1.67. The summed E-state index contributed by atoms with van der Waals surface area (Å²) in [5, 5.41) is 7.16. The monoisotopic (exact) mass is 361 g/mol. The molecule has 0 bridgehead atoms. The predicted octanol–water partition coefficient (Wildman–Crippen LogP) is 5.53. The Hall–Kier alpha value is -2.85. The number of nitrogens with one attached hydrogen (secondary N) is 1. The van der Waals surface area contributed by atoms with Crippen LogP contribution in [0.2, 0.25) is 0 Å². The van der Waals surface area contributed by atoms with Crippen LogP contribution in [0.1, 0.15) is 17.5 Å². The van der Waals surface area contributed by atoms with Gasteiger partial charge in [-0.1, -0.05) is 23.8 Å². The fourth-order valence-corrected chi connectivity index (χ4v) is 3.62. The molecule has 0 atom stereocenters. The fourth-order valence-electron chi connectivity index (χ4n) is 2.96. The molecule has 2 heterocycles. The van der Waals surface area contributed by atoms with Crippen LogP contribution in [-0.2, 0) is 4.79 Å². The molecule has 3 nitrogen and oxygen atoms in total. The molecule has 0 fully saturated rings. The number of rotatable bonds is 3. The molecule has 1 N–H and O–H groups in total. The van der Waals surface area contributed by atoms with Gasteiger partial charge in [0.25, 0.3) is 5.91 Å². The lowest BCUT2D eigenvalue weighted by atomic mass is 10.0. The first-order valence-electron chi connectivity index (χ1n) is 8.57. The highest BCUT2D eigenvalue weighted by molar-refractivity contribution is 7.08. The standard InChI is InChI=1S/C22H19NO2S/c1-15-2-5-20(6-3-15)23-22(24)17-8-10-25-21-7-4-16(12-19(21)13-17)18-9-11-26-14-18/h2-7,9,11-14H,8,10H2,1H3,(H,23,24). The Labute approximate surface area is 157 Å². The van der Waals surface area contributed by atoms with Crippen molar-refractivity contribution in [2.75, 3.05) is 11.9 Å². The van der Waals surface area contributed by atoms with Crippen molar-refractivity contribution < 1.29 is 9.53 Å². The van der Waals surface area contributed by atoms with Crippen LogP contribution in [0, 0.1) is 6.92 Å². The van der Waals surface area contributed by atoms with Gasteiger partial charge in [-0.15, -0.1) is 0 Å². The number of ether oxygens (including phenoxy) is 1. The lowest BCUT2D eigenvalue weighted by molar-refractivity contribution is -0.113. The topological polar surface area (TPSA) is 38.3 Å². The zero-order valence-electron chi connectivity index (χ0n) is 14.5. The first-order chi connectivity index (χ1) is 12.7. The number of fused-ring (bicyclic) bond motifs is 1. The Morgan fingerprint density at radius 1 is 1.08 bits per heavy atom. The first kappa shape index (κ1) is 16.6. The van der Waals surface area contributed by atoms with Crippen molar-refractivity contribution in [1.29, 1.82) is 0 Å². The maximum Gasteiger partial charge on any atom is 0.251 e. The van der Waals surface area contributed by atoms with Crippen molar-refractivity contribution in [3.63, 3.8) is 0 Å². The number of carbonyl (C=O) groups is 1. The average molecular weight is 361 g/mol. The molecule has 1 aliphatic heterocycles. The highest BCUT2D eigenvalue weighted by Crippen LogP contribution is 2.32. The number of hydrogen-bond donors (Lipinski definition) is 1. The third-order valence-corrected chi connectivity index (χ3v) is 5.11. The van der Waals surface area contributed by atoms with Gasteiger partial charge in [0.2, 0.25) is 0 Å². The van der Waals surface area contributed by atoms with Crippen molar-refractivity contribution >= 4 is 29.0 Å². The highest BCUT2D eigenvalue weighted by Gasteiger charge is 2.16. The third-order valence-electron chi connectivity index (χ3n) is 4.42. The van der Waals surface area contributed by atoms with Crippen LogP contribution in [-0.4, -0.2) is 12.5 Å². The minimum atomic E-state index is -0.0776. The SMILES string of the molecule is Cc1ccc(NC(=O)C2=Cc3cc(-c4ccsc4)ccc3OCC2)cc1. The molecule has 0 saturated carbocycles. The van der Waals surface area contributed by atoms with Crippen molar-refractivity contribution in [2.45, 2.75) is 13.3 Å². The van der Waals surface area contributed by atoms with E-state index < -0.39 is 0 Å². The smallest absolute Gasteiger partial charge is 0.251 e. The summed E-state index contributed by atoms with van der Waals surface area (Å²) in [6.07, 6.45) is 2.53. The van der Waals surface area contributed by atoms with Crippen LogP contribution in [0.25, 0.3) is 17.2 Å². The molecular weight excluding hydrogens is 342 g/mol. The summed E-state index contributed by atoms with van der Waals surface area (Å²) in [4.78, 5) is 12.7. The zero-order chi connectivity index (χ0) is 17.9. The van der Waals surface area contributed by atoms with Crippen molar-refractivity contribution in [2.24, 2.45) is 0 Å². The van der Waals surface area contributed by atoms with Crippen molar-refractivity contribution in [3.05, 3.63) is 76.0 Å². The second-order valence-corrected chi connectivity index (χ2v) is 7.13. The summed E-state index contributed by atoms with van der Waals surface area (Å²) in [6.45, 7) is 2.52. The molecule has 0 saturated heterocycles. The van der Waals surface area contributed by atoms with Crippen molar-refractivity contribution in [3.8, 4) is 16.9 Å². The number of anilines is 1. The van der Waals surface area contributed by atoms with E-state index in [1.807, 2.05) is 43.3 Å². The van der Waals surface area contributed by atoms with Gasteiger partial charge in [-0.2, -0.15) is 11.3 Å². The molecule has 0 radical (unpaired) electrons. The number of benzene rings is 2. The van der Waals surface area contributed by atoms with Gasteiger partial charge in [0, 0.05) is 23.2 Å². The van der Waals surface area contributed by atoms with E-state index in [4.69, 9.17) is 4.74 Å². The first-order valence-corrected chi connectivity index (χ1v) is 9.51. The van der Waals surface area contributed by atoms with Crippen LogP contribution in [0.4, 0.5) is 5.69 Å². The molecule has 0 aliphatic carbocycles. The van der Waals surface area contributed by atoms with Crippen LogP contribution >= 0.6 is 11.3 Å². The fraction of sp³-hybridized carbons (Fsp3) is 0.136. The maximum atomic E-state index is 12.7.